The van der Waals surface area contributed by atoms with Gasteiger partial charge in [0.15, 0.2) is 0 Å². The van der Waals surface area contributed by atoms with Crippen LogP contribution in [0, 0.1) is 5.41 Å². The highest BCUT2D eigenvalue weighted by molar-refractivity contribution is 5.86. The number of nitrogens with zero attached hydrogens (tertiary/aromatic N) is 3. The van der Waals surface area contributed by atoms with E-state index in [0.717, 1.165) is 16.3 Å². The lowest BCUT2D eigenvalue weighted by Crippen LogP contribution is -2.37. The second-order valence-electron chi connectivity index (χ2n) is 6.83. The summed E-state index contributed by atoms with van der Waals surface area (Å²) in [6.45, 7) is 2.98. The molecule has 0 bridgehead atoms. The van der Waals surface area contributed by atoms with E-state index in [1.165, 1.54) is 6.33 Å². The van der Waals surface area contributed by atoms with Crippen LogP contribution in [0.15, 0.2) is 60.9 Å². The number of hydrogen-bond donors (Lipinski definition) is 1. The second-order valence-corrected chi connectivity index (χ2v) is 6.83. The first-order valence-electron chi connectivity index (χ1n) is 8.57. The average Bonchev–Trinajstić information content (AvgIpc) is 3.21. The molecule has 2 aromatic carbocycles. The van der Waals surface area contributed by atoms with E-state index in [-0.39, 0.29) is 12.6 Å². The van der Waals surface area contributed by atoms with Crippen LogP contribution in [-0.4, -0.2) is 39.9 Å². The molecule has 0 unspecified atom stereocenters. The van der Waals surface area contributed by atoms with Crippen LogP contribution < -0.4 is 0 Å². The number of aliphatic hydroxyl groups is 1. The highest BCUT2D eigenvalue weighted by atomic mass is 16.7. The molecule has 0 radical (unpaired) electrons. The summed E-state index contributed by atoms with van der Waals surface area (Å²) in [6, 6.07) is 14.4. The highest BCUT2D eigenvalue weighted by Crippen LogP contribution is 2.34. The maximum absolute atomic E-state index is 11.1. The summed E-state index contributed by atoms with van der Waals surface area (Å²) < 4.78 is 12.5. The number of hydrogen-bond acceptors (Lipinski definition) is 5. The zero-order valence-corrected chi connectivity index (χ0v) is 14.6. The van der Waals surface area contributed by atoms with Crippen LogP contribution in [0.4, 0.5) is 0 Å². The third kappa shape index (κ3) is 3.09. The molecule has 0 saturated carbocycles. The minimum atomic E-state index is -0.621. The third-order valence-corrected chi connectivity index (χ3v) is 4.79. The van der Waals surface area contributed by atoms with Crippen molar-refractivity contribution in [3.8, 4) is 0 Å². The smallest absolute Gasteiger partial charge is 0.146 e. The van der Waals surface area contributed by atoms with E-state index in [2.05, 4.69) is 34.3 Å². The van der Waals surface area contributed by atoms with Crippen molar-refractivity contribution in [2.45, 2.75) is 13.3 Å². The Morgan fingerprint density at radius 3 is 2.69 bits per heavy atom. The minimum Gasteiger partial charge on any atom is -0.510 e. The topological polar surface area (TPSA) is 69.4 Å². The molecule has 6 heteroatoms. The van der Waals surface area contributed by atoms with Gasteiger partial charge in [0, 0.05) is 6.42 Å². The van der Waals surface area contributed by atoms with Gasteiger partial charge in [0.25, 0.3) is 0 Å². The first-order chi connectivity index (χ1) is 12.7. The Kier molecular flexibility index (Phi) is 4.44. The molecular weight excluding hydrogens is 330 g/mol. The van der Waals surface area contributed by atoms with Crippen molar-refractivity contribution in [1.82, 2.24) is 14.8 Å². The number of ether oxygens (including phenoxy) is 2. The van der Waals surface area contributed by atoms with Crippen molar-refractivity contribution in [1.29, 1.82) is 0 Å². The quantitative estimate of drug-likeness (QED) is 0.730. The molecule has 1 aromatic heterocycles. The summed E-state index contributed by atoms with van der Waals surface area (Å²) >= 11 is 0. The van der Waals surface area contributed by atoms with Crippen LogP contribution >= 0.6 is 0 Å². The number of aromatic nitrogens is 3. The Labute approximate surface area is 151 Å². The molecule has 1 fully saturated rings. The molecule has 0 spiro atoms. The molecule has 2 heterocycles. The molecule has 4 rings (SSSR count). The largest absolute Gasteiger partial charge is 0.510 e. The Balaban J connectivity index is 1.81. The van der Waals surface area contributed by atoms with Crippen molar-refractivity contribution < 1.29 is 14.6 Å². The SMILES string of the molecule is CC1(C(O)=C(Cc2cccc3ccccc23)n2cncn2)COCOC1. The van der Waals surface area contributed by atoms with Crippen molar-refractivity contribution in [2.24, 2.45) is 5.41 Å². The average molecular weight is 351 g/mol. The van der Waals surface area contributed by atoms with E-state index in [0.29, 0.717) is 25.3 Å². The Morgan fingerprint density at radius 2 is 1.92 bits per heavy atom. The van der Waals surface area contributed by atoms with E-state index in [1.54, 1.807) is 11.0 Å². The van der Waals surface area contributed by atoms with E-state index in [9.17, 15) is 5.11 Å². The number of fused-ring (bicyclic) bond motifs is 1. The van der Waals surface area contributed by atoms with Crippen LogP contribution in [0.3, 0.4) is 0 Å². The fourth-order valence-corrected chi connectivity index (χ4v) is 3.37. The van der Waals surface area contributed by atoms with Crippen molar-refractivity contribution in [3.05, 3.63) is 66.4 Å². The maximum atomic E-state index is 11.1. The lowest BCUT2D eigenvalue weighted by molar-refractivity contribution is -0.155. The number of rotatable bonds is 4. The van der Waals surface area contributed by atoms with Crippen LogP contribution in [0.5, 0.6) is 0 Å². The zero-order chi connectivity index (χ0) is 18.0. The maximum Gasteiger partial charge on any atom is 0.146 e. The van der Waals surface area contributed by atoms with Gasteiger partial charge in [0.2, 0.25) is 0 Å². The van der Waals surface area contributed by atoms with Gasteiger partial charge in [0.05, 0.1) is 24.3 Å². The summed E-state index contributed by atoms with van der Waals surface area (Å²) in [6.07, 6.45) is 3.59. The lowest BCUT2D eigenvalue weighted by Gasteiger charge is -2.33. The molecule has 3 aromatic rings. The molecule has 134 valence electrons. The Bertz CT molecular complexity index is 923. The van der Waals surface area contributed by atoms with Crippen molar-refractivity contribution in [2.75, 3.05) is 20.0 Å². The van der Waals surface area contributed by atoms with Gasteiger partial charge >= 0.3 is 0 Å². The molecule has 1 saturated heterocycles. The van der Waals surface area contributed by atoms with Gasteiger partial charge < -0.3 is 14.6 Å². The standard InChI is InChI=1S/C20H21N3O3/c1-20(10-25-14-26-11-20)19(24)18(23-13-21-12-22-23)9-16-7-4-6-15-5-2-3-8-17(15)16/h2-8,12-13,24H,9-11,14H2,1H3. The van der Waals surface area contributed by atoms with Crippen molar-refractivity contribution in [3.63, 3.8) is 0 Å². The van der Waals surface area contributed by atoms with Crippen LogP contribution in [0.2, 0.25) is 0 Å². The monoisotopic (exact) mass is 351 g/mol. The van der Waals surface area contributed by atoms with Crippen LogP contribution in [0.25, 0.3) is 16.5 Å². The van der Waals surface area contributed by atoms with Gasteiger partial charge in [-0.25, -0.2) is 9.67 Å². The van der Waals surface area contributed by atoms with E-state index in [4.69, 9.17) is 9.47 Å². The van der Waals surface area contributed by atoms with Gasteiger partial charge in [0.1, 0.15) is 25.2 Å². The predicted molar refractivity (Wildman–Crippen MR) is 98.4 cm³/mol. The summed E-state index contributed by atoms with van der Waals surface area (Å²) in [5, 5.41) is 17.7. The fourth-order valence-electron chi connectivity index (χ4n) is 3.37. The molecular formula is C20H21N3O3. The van der Waals surface area contributed by atoms with Crippen LogP contribution in [0.1, 0.15) is 12.5 Å². The first kappa shape index (κ1) is 16.8. The molecule has 1 N–H and O–H groups in total. The first-order valence-corrected chi connectivity index (χ1v) is 8.57. The molecule has 0 amide bonds. The van der Waals surface area contributed by atoms with E-state index >= 15 is 0 Å². The summed E-state index contributed by atoms with van der Waals surface area (Å²) in [5.41, 5.74) is 1.17. The Hall–Kier alpha value is -2.70. The van der Waals surface area contributed by atoms with Gasteiger partial charge in [-0.05, 0) is 23.3 Å². The van der Waals surface area contributed by atoms with E-state index < -0.39 is 5.41 Å². The van der Waals surface area contributed by atoms with Gasteiger partial charge in [-0.1, -0.05) is 42.5 Å². The summed E-state index contributed by atoms with van der Waals surface area (Å²) in [4.78, 5) is 4.04. The minimum absolute atomic E-state index is 0.218. The molecule has 1 aliphatic rings. The second kappa shape index (κ2) is 6.90. The predicted octanol–water partition coefficient (Wildman–Crippen LogP) is 3.41. The van der Waals surface area contributed by atoms with Gasteiger partial charge in [-0.3, -0.25) is 0 Å². The summed E-state index contributed by atoms with van der Waals surface area (Å²) in [5.74, 6) is 0.218. The fraction of sp³-hybridized carbons (Fsp3) is 0.300. The number of aliphatic hydroxyl groups excluding tert-OH is 1. The summed E-state index contributed by atoms with van der Waals surface area (Å²) in [7, 11) is 0. The zero-order valence-electron chi connectivity index (χ0n) is 14.6. The van der Waals surface area contributed by atoms with Crippen LogP contribution in [-0.2, 0) is 15.9 Å². The molecule has 0 atom stereocenters. The van der Waals surface area contributed by atoms with Crippen molar-refractivity contribution >= 4 is 16.5 Å². The molecule has 6 nitrogen and oxygen atoms in total. The van der Waals surface area contributed by atoms with Gasteiger partial charge in [-0.15, -0.1) is 0 Å². The third-order valence-electron chi connectivity index (χ3n) is 4.79. The van der Waals surface area contributed by atoms with E-state index in [1.807, 2.05) is 25.1 Å². The molecule has 0 aliphatic carbocycles. The number of allylic oxidation sites excluding steroid dienone is 1. The Morgan fingerprint density at radius 1 is 1.15 bits per heavy atom. The molecule has 1 aliphatic heterocycles. The number of benzene rings is 2. The van der Waals surface area contributed by atoms with Gasteiger partial charge in [-0.2, -0.15) is 5.10 Å². The lowest BCUT2D eigenvalue weighted by atomic mass is 9.87. The highest BCUT2D eigenvalue weighted by Gasteiger charge is 2.36. The molecule has 26 heavy (non-hydrogen) atoms. The normalized spacial score (nSPS) is 17.9.